The topological polar surface area (TPSA) is 86.8 Å². The first kappa shape index (κ1) is 14.5. The van der Waals surface area contributed by atoms with E-state index in [0.717, 1.165) is 0 Å². The Morgan fingerprint density at radius 1 is 1.29 bits per heavy atom. The number of para-hydroxylation sites is 1. The minimum Gasteiger partial charge on any atom is -0.493 e. The molecule has 2 aromatic rings. The van der Waals surface area contributed by atoms with E-state index in [0.29, 0.717) is 23.5 Å². The van der Waals surface area contributed by atoms with Gasteiger partial charge >= 0.3 is 5.97 Å². The lowest BCUT2D eigenvalue weighted by atomic mass is 10.2. The van der Waals surface area contributed by atoms with Gasteiger partial charge in [0.25, 0.3) is 0 Å². The van der Waals surface area contributed by atoms with Gasteiger partial charge in [0.15, 0.2) is 5.84 Å². The molecule has 0 bridgehead atoms. The number of aromatic nitrogens is 1. The summed E-state index contributed by atoms with van der Waals surface area (Å²) in [5, 5.41) is 3.62. The van der Waals surface area contributed by atoms with Gasteiger partial charge in [0.1, 0.15) is 11.3 Å². The van der Waals surface area contributed by atoms with Crippen molar-refractivity contribution in [3.05, 3.63) is 59.9 Å². The van der Waals surface area contributed by atoms with Gasteiger partial charge in [-0.1, -0.05) is 17.3 Å². The van der Waals surface area contributed by atoms with Gasteiger partial charge < -0.3 is 15.3 Å². The molecule has 6 nitrogen and oxygen atoms in total. The molecule has 1 heterocycles. The lowest BCUT2D eigenvalue weighted by Gasteiger charge is -2.07. The van der Waals surface area contributed by atoms with Crippen LogP contribution in [-0.4, -0.2) is 23.4 Å². The van der Waals surface area contributed by atoms with Crippen molar-refractivity contribution in [1.29, 1.82) is 0 Å². The molecular formula is C15H15N3O3. The quantitative estimate of drug-likeness (QED) is 0.393. The highest BCUT2D eigenvalue weighted by Crippen LogP contribution is 2.19. The number of rotatable bonds is 5. The predicted molar refractivity (Wildman–Crippen MR) is 78.0 cm³/mol. The molecule has 6 heteroatoms. The summed E-state index contributed by atoms with van der Waals surface area (Å²) >= 11 is 0. The minimum atomic E-state index is -0.633. The second-order valence-electron chi connectivity index (χ2n) is 4.03. The average Bonchev–Trinajstić information content (AvgIpc) is 2.54. The van der Waals surface area contributed by atoms with E-state index in [-0.39, 0.29) is 5.84 Å². The van der Waals surface area contributed by atoms with E-state index in [4.69, 9.17) is 15.3 Å². The van der Waals surface area contributed by atoms with Crippen molar-refractivity contribution in [2.75, 3.05) is 6.61 Å². The van der Waals surface area contributed by atoms with Crippen molar-refractivity contribution < 1.29 is 14.4 Å². The maximum atomic E-state index is 12.0. The monoisotopic (exact) mass is 285 g/mol. The fourth-order valence-corrected chi connectivity index (χ4v) is 1.62. The summed E-state index contributed by atoms with van der Waals surface area (Å²) in [4.78, 5) is 20.8. The minimum absolute atomic E-state index is 0.0744. The Bertz CT molecular complexity index is 642. The van der Waals surface area contributed by atoms with Crippen LogP contribution in [0.4, 0.5) is 0 Å². The van der Waals surface area contributed by atoms with E-state index in [1.165, 1.54) is 6.20 Å². The van der Waals surface area contributed by atoms with Crippen LogP contribution in [0.25, 0.3) is 0 Å². The fraction of sp³-hybridized carbons (Fsp3) is 0.133. The van der Waals surface area contributed by atoms with Gasteiger partial charge in [-0.3, -0.25) is 4.98 Å². The average molecular weight is 285 g/mol. The SMILES string of the molecule is CCOc1ccccc1C(=O)ON=C(N)c1cccnc1. The molecule has 0 amide bonds. The third-order valence-electron chi connectivity index (χ3n) is 2.59. The van der Waals surface area contributed by atoms with Crippen LogP contribution in [0.15, 0.2) is 53.9 Å². The largest absolute Gasteiger partial charge is 0.493 e. The summed E-state index contributed by atoms with van der Waals surface area (Å²) in [6.45, 7) is 2.28. The van der Waals surface area contributed by atoms with Crippen molar-refractivity contribution in [3.8, 4) is 5.75 Å². The van der Waals surface area contributed by atoms with E-state index in [2.05, 4.69) is 10.1 Å². The van der Waals surface area contributed by atoms with Gasteiger partial charge in [-0.25, -0.2) is 4.79 Å². The predicted octanol–water partition coefficient (Wildman–Crippen LogP) is 1.96. The summed E-state index contributed by atoms with van der Waals surface area (Å²) < 4.78 is 5.36. The highest BCUT2D eigenvalue weighted by Gasteiger charge is 2.14. The number of amidine groups is 1. The second-order valence-corrected chi connectivity index (χ2v) is 4.03. The number of benzene rings is 1. The Morgan fingerprint density at radius 2 is 2.10 bits per heavy atom. The third-order valence-corrected chi connectivity index (χ3v) is 2.59. The van der Waals surface area contributed by atoms with E-state index >= 15 is 0 Å². The maximum absolute atomic E-state index is 12.0. The fourth-order valence-electron chi connectivity index (χ4n) is 1.62. The molecule has 1 aromatic carbocycles. The molecule has 1 aromatic heterocycles. The van der Waals surface area contributed by atoms with Crippen molar-refractivity contribution in [3.63, 3.8) is 0 Å². The number of carbonyl (C=O) groups is 1. The van der Waals surface area contributed by atoms with Crippen LogP contribution in [0.1, 0.15) is 22.8 Å². The molecule has 2 rings (SSSR count). The second kappa shape index (κ2) is 7.04. The molecule has 0 aliphatic rings. The number of hydrogen-bond acceptors (Lipinski definition) is 5. The van der Waals surface area contributed by atoms with Crippen LogP contribution < -0.4 is 10.5 Å². The molecule has 0 saturated carbocycles. The summed E-state index contributed by atoms with van der Waals surface area (Å²) in [6.07, 6.45) is 3.14. The summed E-state index contributed by atoms with van der Waals surface area (Å²) in [6, 6.07) is 10.2. The van der Waals surface area contributed by atoms with Crippen molar-refractivity contribution in [2.24, 2.45) is 10.9 Å². The van der Waals surface area contributed by atoms with Gasteiger partial charge in [-0.2, -0.15) is 0 Å². The Balaban J connectivity index is 2.12. The van der Waals surface area contributed by atoms with E-state index < -0.39 is 5.97 Å². The van der Waals surface area contributed by atoms with Crippen LogP contribution >= 0.6 is 0 Å². The van der Waals surface area contributed by atoms with Crippen molar-refractivity contribution in [2.45, 2.75) is 6.92 Å². The molecule has 0 atom stereocenters. The Hall–Kier alpha value is -2.89. The summed E-state index contributed by atoms with van der Waals surface area (Å²) in [7, 11) is 0. The number of ether oxygens (including phenoxy) is 1. The van der Waals surface area contributed by atoms with E-state index in [1.54, 1.807) is 42.6 Å². The maximum Gasteiger partial charge on any atom is 0.369 e. The zero-order valence-electron chi connectivity index (χ0n) is 11.5. The zero-order valence-corrected chi connectivity index (χ0v) is 11.5. The number of oxime groups is 1. The van der Waals surface area contributed by atoms with Crippen LogP contribution in [0, 0.1) is 0 Å². The van der Waals surface area contributed by atoms with Crippen LogP contribution in [-0.2, 0) is 4.84 Å². The first-order chi connectivity index (χ1) is 10.2. The molecule has 0 aliphatic carbocycles. The first-order valence-electron chi connectivity index (χ1n) is 6.39. The molecule has 108 valence electrons. The Morgan fingerprint density at radius 3 is 2.81 bits per heavy atom. The number of nitrogens with zero attached hydrogens (tertiary/aromatic N) is 2. The number of pyridine rings is 1. The van der Waals surface area contributed by atoms with Crippen LogP contribution in [0.2, 0.25) is 0 Å². The van der Waals surface area contributed by atoms with E-state index in [1.807, 2.05) is 6.92 Å². The molecule has 0 saturated heterocycles. The summed E-state index contributed by atoms with van der Waals surface area (Å²) in [5.41, 5.74) is 6.59. The number of nitrogens with two attached hydrogens (primary N) is 1. The van der Waals surface area contributed by atoms with Crippen LogP contribution in [0.3, 0.4) is 0 Å². The van der Waals surface area contributed by atoms with Crippen LogP contribution in [0.5, 0.6) is 5.75 Å². The van der Waals surface area contributed by atoms with Gasteiger partial charge in [-0.15, -0.1) is 0 Å². The highest BCUT2D eigenvalue weighted by atomic mass is 16.7. The Kier molecular flexibility index (Phi) is 4.87. The molecule has 0 radical (unpaired) electrons. The van der Waals surface area contributed by atoms with Gasteiger partial charge in [0.05, 0.1) is 6.61 Å². The molecule has 0 fully saturated rings. The number of hydrogen-bond donors (Lipinski definition) is 1. The highest BCUT2D eigenvalue weighted by molar-refractivity contribution is 5.98. The molecule has 0 aliphatic heterocycles. The van der Waals surface area contributed by atoms with Gasteiger partial charge in [0, 0.05) is 18.0 Å². The van der Waals surface area contributed by atoms with Crippen molar-refractivity contribution in [1.82, 2.24) is 4.98 Å². The molecule has 2 N–H and O–H groups in total. The molecular weight excluding hydrogens is 270 g/mol. The van der Waals surface area contributed by atoms with Crippen molar-refractivity contribution >= 4 is 11.8 Å². The molecule has 0 spiro atoms. The lowest BCUT2D eigenvalue weighted by Crippen LogP contribution is -2.15. The van der Waals surface area contributed by atoms with E-state index in [9.17, 15) is 4.79 Å². The van der Waals surface area contributed by atoms with Gasteiger partial charge in [-0.05, 0) is 31.2 Å². The third kappa shape index (κ3) is 3.79. The smallest absolute Gasteiger partial charge is 0.369 e. The number of carbonyl (C=O) groups excluding carboxylic acids is 1. The zero-order chi connectivity index (χ0) is 15.1. The Labute approximate surface area is 122 Å². The normalized spacial score (nSPS) is 11.0. The first-order valence-corrected chi connectivity index (χ1v) is 6.39. The lowest BCUT2D eigenvalue weighted by molar-refractivity contribution is 0.0511. The summed E-state index contributed by atoms with van der Waals surface area (Å²) in [5.74, 6) is -0.114. The van der Waals surface area contributed by atoms with Gasteiger partial charge in [0.2, 0.25) is 0 Å². The molecule has 0 unspecified atom stereocenters. The standard InChI is InChI=1S/C15H15N3O3/c1-2-20-13-8-4-3-7-12(13)15(19)21-18-14(16)11-6-5-9-17-10-11/h3-10H,2H2,1H3,(H2,16,18). The molecule has 21 heavy (non-hydrogen) atoms.